The van der Waals surface area contributed by atoms with Gasteiger partial charge < -0.3 is 19.9 Å². The van der Waals surface area contributed by atoms with E-state index in [0.29, 0.717) is 36.8 Å². The minimum atomic E-state index is -1.27. The van der Waals surface area contributed by atoms with Crippen LogP contribution in [0.1, 0.15) is 18.4 Å². The number of rotatable bonds is 9. The van der Waals surface area contributed by atoms with E-state index in [1.54, 1.807) is 0 Å². The van der Waals surface area contributed by atoms with Gasteiger partial charge in [-0.15, -0.1) is 0 Å². The molecule has 1 fully saturated rings. The highest BCUT2D eigenvalue weighted by atomic mass is 28.3. The molecule has 0 radical (unpaired) electrons. The highest BCUT2D eigenvalue weighted by molar-refractivity contribution is 6.76. The summed E-state index contributed by atoms with van der Waals surface area (Å²) in [5, 5.41) is 0. The molecule has 1 aromatic carbocycles. The summed E-state index contributed by atoms with van der Waals surface area (Å²) in [4.78, 5) is 33.5. The zero-order valence-corrected chi connectivity index (χ0v) is 22.4. The first-order valence-electron chi connectivity index (χ1n) is 12.5. The van der Waals surface area contributed by atoms with Gasteiger partial charge >= 0.3 is 5.69 Å². The number of aromatic nitrogens is 4. The van der Waals surface area contributed by atoms with Crippen LogP contribution in [0, 0.1) is 0 Å². The fourth-order valence-corrected chi connectivity index (χ4v) is 5.28. The number of hydrogen-bond donors (Lipinski definition) is 1. The minimum Gasteiger partial charge on any atom is -0.361 e. The quantitative estimate of drug-likeness (QED) is 0.359. The van der Waals surface area contributed by atoms with Gasteiger partial charge in [-0.3, -0.25) is 13.9 Å². The zero-order valence-electron chi connectivity index (χ0n) is 21.4. The lowest BCUT2D eigenvalue weighted by Crippen LogP contribution is -2.44. The SMILES string of the molecule is Cn1c(=O)c2c(nc(N3CCCC(N)C3)n2CCc2ccccc2)n(COCC[Si](C)(C)C)c1=O. The number of imidazole rings is 1. The van der Waals surface area contributed by atoms with Gasteiger partial charge in [0.25, 0.3) is 5.56 Å². The Labute approximate surface area is 207 Å². The number of aryl methyl sites for hydroxylation is 2. The number of hydrogen-bond acceptors (Lipinski definition) is 6. The summed E-state index contributed by atoms with van der Waals surface area (Å²) in [6, 6.07) is 11.2. The third-order valence-corrected chi connectivity index (χ3v) is 8.34. The number of nitrogens with zero attached hydrogens (tertiary/aromatic N) is 5. The van der Waals surface area contributed by atoms with E-state index in [1.165, 1.54) is 17.2 Å². The summed E-state index contributed by atoms with van der Waals surface area (Å²) in [5.41, 5.74) is 7.53. The molecule has 4 rings (SSSR count). The van der Waals surface area contributed by atoms with Gasteiger partial charge in [-0.2, -0.15) is 4.98 Å². The number of piperidine rings is 1. The monoisotopic (exact) mass is 498 g/mol. The van der Waals surface area contributed by atoms with E-state index in [2.05, 4.69) is 36.7 Å². The maximum absolute atomic E-state index is 13.4. The Bertz CT molecular complexity index is 1270. The highest BCUT2D eigenvalue weighted by Gasteiger charge is 2.26. The standard InChI is InChI=1S/C25H38N6O3Si/c1-28-23(32)21-22(31(25(28)33)18-34-15-16-35(2,3)4)27-24(29-13-8-11-20(26)17-29)30(21)14-12-19-9-6-5-7-10-19/h5-7,9-10,20H,8,11-18,26H2,1-4H3. The van der Waals surface area contributed by atoms with Crippen LogP contribution < -0.4 is 21.9 Å². The van der Waals surface area contributed by atoms with Gasteiger partial charge in [0.1, 0.15) is 6.73 Å². The molecule has 0 amide bonds. The molecule has 10 heteroatoms. The Kier molecular flexibility index (Phi) is 7.63. The molecule has 35 heavy (non-hydrogen) atoms. The summed E-state index contributed by atoms with van der Waals surface area (Å²) < 4.78 is 10.5. The van der Waals surface area contributed by atoms with Crippen molar-refractivity contribution in [3.05, 3.63) is 56.7 Å². The minimum absolute atomic E-state index is 0.0565. The largest absolute Gasteiger partial charge is 0.361 e. The maximum atomic E-state index is 13.4. The lowest BCUT2D eigenvalue weighted by Gasteiger charge is -2.31. The van der Waals surface area contributed by atoms with Gasteiger partial charge in [0.2, 0.25) is 5.95 Å². The van der Waals surface area contributed by atoms with Crippen LogP contribution in [0.25, 0.3) is 11.2 Å². The molecule has 1 unspecified atom stereocenters. The van der Waals surface area contributed by atoms with Gasteiger partial charge in [0.05, 0.1) is 0 Å². The predicted octanol–water partition coefficient (Wildman–Crippen LogP) is 2.38. The molecule has 1 atom stereocenters. The molecule has 0 saturated carbocycles. The first kappa shape index (κ1) is 25.4. The van der Waals surface area contributed by atoms with Crippen molar-refractivity contribution >= 4 is 25.2 Å². The van der Waals surface area contributed by atoms with Crippen LogP contribution in [-0.2, 0) is 31.5 Å². The summed E-state index contributed by atoms with van der Waals surface area (Å²) in [7, 11) is 0.256. The van der Waals surface area contributed by atoms with Crippen molar-refractivity contribution in [2.45, 2.75) is 64.3 Å². The predicted molar refractivity (Wildman–Crippen MR) is 143 cm³/mol. The number of benzene rings is 1. The van der Waals surface area contributed by atoms with Crippen LogP contribution in [0.4, 0.5) is 5.95 Å². The average molecular weight is 499 g/mol. The normalized spacial score (nSPS) is 16.8. The Balaban J connectivity index is 1.77. The van der Waals surface area contributed by atoms with Crippen LogP contribution in [0.15, 0.2) is 39.9 Å². The average Bonchev–Trinajstić information content (AvgIpc) is 3.20. The van der Waals surface area contributed by atoms with Crippen molar-refractivity contribution in [2.75, 3.05) is 24.6 Å². The first-order chi connectivity index (χ1) is 16.7. The summed E-state index contributed by atoms with van der Waals surface area (Å²) in [6.45, 7) is 9.58. The lowest BCUT2D eigenvalue weighted by molar-refractivity contribution is 0.0857. The first-order valence-corrected chi connectivity index (χ1v) is 16.2. The highest BCUT2D eigenvalue weighted by Crippen LogP contribution is 2.24. The van der Waals surface area contributed by atoms with Crippen molar-refractivity contribution < 1.29 is 4.74 Å². The molecule has 190 valence electrons. The van der Waals surface area contributed by atoms with Gasteiger partial charge in [0, 0.05) is 47.4 Å². The summed E-state index contributed by atoms with van der Waals surface area (Å²) in [5.74, 6) is 0.699. The van der Waals surface area contributed by atoms with Crippen molar-refractivity contribution in [3.8, 4) is 0 Å². The second kappa shape index (κ2) is 10.5. The van der Waals surface area contributed by atoms with Gasteiger partial charge in [-0.25, -0.2) is 4.79 Å². The van der Waals surface area contributed by atoms with Crippen LogP contribution in [0.2, 0.25) is 25.7 Å². The Morgan fingerprint density at radius 3 is 2.57 bits per heavy atom. The van der Waals surface area contributed by atoms with E-state index in [-0.39, 0.29) is 18.3 Å². The molecule has 0 spiro atoms. The molecule has 0 aliphatic carbocycles. The third kappa shape index (κ3) is 5.76. The number of ether oxygens (including phenoxy) is 1. The van der Waals surface area contributed by atoms with Crippen molar-refractivity contribution in [1.29, 1.82) is 0 Å². The van der Waals surface area contributed by atoms with E-state index < -0.39 is 13.8 Å². The van der Waals surface area contributed by atoms with E-state index >= 15 is 0 Å². The molecule has 1 aliphatic heterocycles. The Hall–Kier alpha value is -2.69. The van der Waals surface area contributed by atoms with Crippen LogP contribution in [0.5, 0.6) is 0 Å². The maximum Gasteiger partial charge on any atom is 0.334 e. The number of nitrogens with two attached hydrogens (primary N) is 1. The molecule has 2 N–H and O–H groups in total. The Morgan fingerprint density at radius 2 is 1.89 bits per heavy atom. The molecule has 3 heterocycles. The topological polar surface area (TPSA) is 100 Å². The molecule has 3 aromatic rings. The van der Waals surface area contributed by atoms with Gasteiger partial charge in [-0.05, 0) is 30.9 Å². The van der Waals surface area contributed by atoms with Gasteiger partial charge in [-0.1, -0.05) is 50.0 Å². The van der Waals surface area contributed by atoms with E-state index in [4.69, 9.17) is 15.5 Å². The molecule has 2 aromatic heterocycles. The molecule has 9 nitrogen and oxygen atoms in total. The summed E-state index contributed by atoms with van der Waals surface area (Å²) >= 11 is 0. The van der Waals surface area contributed by atoms with Crippen LogP contribution in [0.3, 0.4) is 0 Å². The number of anilines is 1. The van der Waals surface area contributed by atoms with E-state index in [9.17, 15) is 9.59 Å². The van der Waals surface area contributed by atoms with Gasteiger partial charge in [0.15, 0.2) is 11.2 Å². The second-order valence-electron chi connectivity index (χ2n) is 10.7. The number of fused-ring (bicyclic) bond motifs is 1. The smallest absolute Gasteiger partial charge is 0.334 e. The Morgan fingerprint density at radius 1 is 1.14 bits per heavy atom. The van der Waals surface area contributed by atoms with Crippen LogP contribution >= 0.6 is 0 Å². The molecular weight excluding hydrogens is 460 g/mol. The fourth-order valence-electron chi connectivity index (χ4n) is 4.53. The van der Waals surface area contributed by atoms with Crippen molar-refractivity contribution in [1.82, 2.24) is 18.7 Å². The summed E-state index contributed by atoms with van der Waals surface area (Å²) in [6.07, 6.45) is 2.68. The fraction of sp³-hybridized carbons (Fsp3) is 0.560. The molecule has 1 saturated heterocycles. The van der Waals surface area contributed by atoms with E-state index in [1.807, 2.05) is 22.8 Å². The van der Waals surface area contributed by atoms with Crippen molar-refractivity contribution in [2.24, 2.45) is 12.8 Å². The lowest BCUT2D eigenvalue weighted by atomic mass is 10.1. The van der Waals surface area contributed by atoms with Crippen LogP contribution in [-0.4, -0.2) is 52.5 Å². The molecule has 0 bridgehead atoms. The molecule has 1 aliphatic rings. The zero-order chi connectivity index (χ0) is 25.2. The third-order valence-electron chi connectivity index (χ3n) is 6.63. The van der Waals surface area contributed by atoms with Crippen molar-refractivity contribution in [3.63, 3.8) is 0 Å². The molecular formula is C25H38N6O3Si. The van der Waals surface area contributed by atoms with E-state index in [0.717, 1.165) is 36.4 Å². The second-order valence-corrected chi connectivity index (χ2v) is 16.4.